The molecule has 0 spiro atoms. The molecule has 38 heavy (non-hydrogen) atoms. The van der Waals surface area contributed by atoms with Gasteiger partial charge in [-0.05, 0) is 76.3 Å². The number of fused-ring (bicyclic) bond motifs is 1. The molecule has 204 valence electrons. The molecule has 0 fully saturated rings. The molecule has 1 amide bonds. The van der Waals surface area contributed by atoms with Gasteiger partial charge >= 0.3 is 5.97 Å². The molecule has 1 N–H and O–H groups in total. The van der Waals surface area contributed by atoms with E-state index >= 15 is 0 Å². The molecule has 0 radical (unpaired) electrons. The van der Waals surface area contributed by atoms with E-state index in [0.717, 1.165) is 43.4 Å². The average Bonchev–Trinajstić information content (AvgIpc) is 3.40. The lowest BCUT2D eigenvalue weighted by Gasteiger charge is -2.15. The third-order valence-corrected chi connectivity index (χ3v) is 8.46. The molecule has 1 aliphatic carbocycles. The van der Waals surface area contributed by atoms with Gasteiger partial charge in [-0.3, -0.25) is 4.79 Å². The topological polar surface area (TPSA) is 105 Å². The third-order valence-electron chi connectivity index (χ3n) is 6.28. The van der Waals surface area contributed by atoms with Gasteiger partial charge in [-0.15, -0.1) is 21.5 Å². The van der Waals surface area contributed by atoms with Gasteiger partial charge in [0.25, 0.3) is 0 Å². The summed E-state index contributed by atoms with van der Waals surface area (Å²) < 4.78 is 18.5. The zero-order valence-electron chi connectivity index (χ0n) is 22.2. The van der Waals surface area contributed by atoms with Gasteiger partial charge in [0, 0.05) is 11.4 Å². The van der Waals surface area contributed by atoms with Crippen LogP contribution in [0.1, 0.15) is 72.8 Å². The smallest absolute Gasteiger partial charge is 0.341 e. The number of aromatic nitrogens is 3. The summed E-state index contributed by atoms with van der Waals surface area (Å²) in [6, 6.07) is 7.37. The number of carbonyl (C=O) groups excluding carboxylic acids is 2. The van der Waals surface area contributed by atoms with Crippen molar-refractivity contribution >= 4 is 40.0 Å². The predicted octanol–water partition coefficient (Wildman–Crippen LogP) is 5.68. The molecule has 2 aromatic heterocycles. The van der Waals surface area contributed by atoms with E-state index in [1.165, 1.54) is 28.0 Å². The van der Waals surface area contributed by atoms with Gasteiger partial charge in [0.2, 0.25) is 5.91 Å². The van der Waals surface area contributed by atoms with Crippen LogP contribution in [-0.4, -0.2) is 46.1 Å². The normalized spacial score (nSPS) is 13.8. The molecule has 4 rings (SSSR count). The molecule has 1 aromatic carbocycles. The maximum absolute atomic E-state index is 13.0. The van der Waals surface area contributed by atoms with Gasteiger partial charge in [-0.25, -0.2) is 4.79 Å². The van der Waals surface area contributed by atoms with Crippen molar-refractivity contribution in [2.75, 3.05) is 24.8 Å². The number of benzene rings is 1. The Hall–Kier alpha value is -3.05. The number of carbonyl (C=O) groups is 2. The number of amides is 1. The van der Waals surface area contributed by atoms with Gasteiger partial charge in [0.1, 0.15) is 16.5 Å². The molecule has 11 heteroatoms. The molecule has 2 heterocycles. The van der Waals surface area contributed by atoms with Crippen molar-refractivity contribution in [3.63, 3.8) is 0 Å². The highest BCUT2D eigenvalue weighted by atomic mass is 32.2. The minimum Gasteiger partial charge on any atom is -0.497 e. The monoisotopic (exact) mass is 558 g/mol. The summed E-state index contributed by atoms with van der Waals surface area (Å²) in [5, 5.41) is 12.8. The Bertz CT molecular complexity index is 1260. The Morgan fingerprint density at radius 2 is 1.84 bits per heavy atom. The average molecular weight is 559 g/mol. The lowest BCUT2D eigenvalue weighted by atomic mass is 10.1. The molecule has 1 atom stereocenters. The van der Waals surface area contributed by atoms with E-state index in [9.17, 15) is 9.59 Å². The summed E-state index contributed by atoms with van der Waals surface area (Å²) in [4.78, 5) is 26.9. The van der Waals surface area contributed by atoms with Gasteiger partial charge in [0.15, 0.2) is 17.1 Å². The number of thioether (sulfide) groups is 1. The summed E-state index contributed by atoms with van der Waals surface area (Å²) in [6.07, 6.45) is 4.70. The first-order valence-electron chi connectivity index (χ1n) is 12.9. The number of nitrogens with zero attached hydrogens (tertiary/aromatic N) is 3. The number of anilines is 1. The van der Waals surface area contributed by atoms with E-state index < -0.39 is 0 Å². The predicted molar refractivity (Wildman–Crippen MR) is 149 cm³/mol. The maximum Gasteiger partial charge on any atom is 0.341 e. The zero-order valence-corrected chi connectivity index (χ0v) is 23.9. The van der Waals surface area contributed by atoms with Gasteiger partial charge in [0.05, 0.1) is 25.0 Å². The summed E-state index contributed by atoms with van der Waals surface area (Å²) >= 11 is 2.80. The number of methoxy groups -OCH3 is 1. The van der Waals surface area contributed by atoms with Crippen molar-refractivity contribution in [2.24, 2.45) is 0 Å². The van der Waals surface area contributed by atoms with E-state index in [4.69, 9.17) is 14.2 Å². The molecule has 0 saturated carbocycles. The number of ether oxygens (including phenoxy) is 3. The second-order valence-electron chi connectivity index (χ2n) is 8.85. The number of esters is 1. The van der Waals surface area contributed by atoms with E-state index in [-0.39, 0.29) is 23.7 Å². The second kappa shape index (κ2) is 13.1. The van der Waals surface area contributed by atoms with Crippen molar-refractivity contribution < 1.29 is 23.8 Å². The van der Waals surface area contributed by atoms with E-state index in [2.05, 4.69) is 15.5 Å². The highest BCUT2D eigenvalue weighted by Crippen LogP contribution is 2.38. The number of hydrogen-bond donors (Lipinski definition) is 1. The van der Waals surface area contributed by atoms with Crippen LogP contribution in [-0.2, 0) is 28.9 Å². The molecule has 0 aliphatic heterocycles. The maximum atomic E-state index is 13.0. The van der Waals surface area contributed by atoms with Gasteiger partial charge in [-0.1, -0.05) is 18.2 Å². The summed E-state index contributed by atoms with van der Waals surface area (Å²) in [7, 11) is 1.62. The van der Waals surface area contributed by atoms with Crippen LogP contribution in [0.3, 0.4) is 0 Å². The van der Waals surface area contributed by atoms with Gasteiger partial charge < -0.3 is 24.1 Å². The van der Waals surface area contributed by atoms with Crippen molar-refractivity contribution in [3.05, 3.63) is 46.1 Å². The minimum absolute atomic E-state index is 0.136. The Morgan fingerprint density at radius 1 is 1.11 bits per heavy atom. The minimum atomic E-state index is -0.365. The first-order valence-corrected chi connectivity index (χ1v) is 14.7. The fraction of sp³-hybridized carbons (Fsp3) is 0.481. The fourth-order valence-corrected chi connectivity index (χ4v) is 6.56. The van der Waals surface area contributed by atoms with Crippen molar-refractivity contribution in [1.82, 2.24) is 14.8 Å². The van der Waals surface area contributed by atoms with Crippen LogP contribution in [0.25, 0.3) is 0 Å². The largest absolute Gasteiger partial charge is 0.497 e. The Labute approximate surface area is 231 Å². The van der Waals surface area contributed by atoms with E-state index in [1.54, 1.807) is 14.0 Å². The summed E-state index contributed by atoms with van der Waals surface area (Å²) in [5.41, 5.74) is 1.56. The quantitative estimate of drug-likeness (QED) is 0.182. The SMILES string of the molecule is CCOC(=O)c1c(NC(=O)CSc2nnc(C(C)Oc3ccc(OC)cc3)n2CC)sc2c1CCCCC2. The van der Waals surface area contributed by atoms with Crippen molar-refractivity contribution in [1.29, 1.82) is 0 Å². The molecular weight excluding hydrogens is 524 g/mol. The van der Waals surface area contributed by atoms with Crippen LogP contribution in [0.2, 0.25) is 0 Å². The molecule has 0 bridgehead atoms. The molecule has 1 unspecified atom stereocenters. The fourth-order valence-electron chi connectivity index (χ4n) is 4.46. The van der Waals surface area contributed by atoms with Gasteiger partial charge in [-0.2, -0.15) is 0 Å². The standard InChI is InChI=1S/C27H34N4O5S2/c1-5-31-24(17(3)36-19-14-12-18(34-4)13-15-19)29-30-27(31)37-16-22(32)28-25-23(26(33)35-6-2)20-10-8-7-9-11-21(20)38-25/h12-15,17H,5-11,16H2,1-4H3,(H,28,32). The van der Waals surface area contributed by atoms with Crippen LogP contribution >= 0.6 is 23.1 Å². The van der Waals surface area contributed by atoms with Crippen molar-refractivity contribution in [3.8, 4) is 11.5 Å². The van der Waals surface area contributed by atoms with Crippen LogP contribution in [0.15, 0.2) is 29.4 Å². The van der Waals surface area contributed by atoms with E-state index in [1.807, 2.05) is 42.7 Å². The first kappa shape index (κ1) is 28.0. The van der Waals surface area contributed by atoms with Crippen LogP contribution in [0.5, 0.6) is 11.5 Å². The summed E-state index contributed by atoms with van der Waals surface area (Å²) in [6.45, 7) is 6.63. The lowest BCUT2D eigenvalue weighted by Crippen LogP contribution is -2.17. The Morgan fingerprint density at radius 3 is 2.55 bits per heavy atom. The van der Waals surface area contributed by atoms with Crippen LogP contribution in [0, 0.1) is 0 Å². The Balaban J connectivity index is 1.43. The van der Waals surface area contributed by atoms with Crippen LogP contribution < -0.4 is 14.8 Å². The third kappa shape index (κ3) is 6.50. The van der Waals surface area contributed by atoms with Crippen LogP contribution in [0.4, 0.5) is 5.00 Å². The number of thiophene rings is 1. The zero-order chi connectivity index (χ0) is 27.1. The number of rotatable bonds is 11. The highest BCUT2D eigenvalue weighted by Gasteiger charge is 2.27. The first-order chi connectivity index (χ1) is 18.4. The lowest BCUT2D eigenvalue weighted by molar-refractivity contribution is -0.113. The second-order valence-corrected chi connectivity index (χ2v) is 10.9. The number of aryl methyl sites for hydroxylation is 1. The van der Waals surface area contributed by atoms with E-state index in [0.29, 0.717) is 40.4 Å². The van der Waals surface area contributed by atoms with Crippen molar-refractivity contribution in [2.45, 2.75) is 70.7 Å². The summed E-state index contributed by atoms with van der Waals surface area (Å²) in [5.74, 6) is 1.70. The molecule has 3 aromatic rings. The molecule has 9 nitrogen and oxygen atoms in total. The highest BCUT2D eigenvalue weighted by molar-refractivity contribution is 7.99. The number of nitrogens with one attached hydrogen (secondary N) is 1. The molecule has 0 saturated heterocycles. The molecular formula is C27H34N4O5S2. The molecule has 1 aliphatic rings. The Kier molecular flexibility index (Phi) is 9.68. The number of hydrogen-bond acceptors (Lipinski definition) is 9.